The lowest BCUT2D eigenvalue weighted by molar-refractivity contribution is -0.130. The minimum Gasteiger partial charge on any atom is -0.379 e. The first-order chi connectivity index (χ1) is 11.6. The van der Waals surface area contributed by atoms with Gasteiger partial charge in [-0.2, -0.15) is 0 Å². The third-order valence-corrected chi connectivity index (χ3v) is 4.95. The molecule has 2 saturated heterocycles. The lowest BCUT2D eigenvalue weighted by Crippen LogP contribution is -2.53. The van der Waals surface area contributed by atoms with Crippen LogP contribution in [0.4, 0.5) is 0 Å². The van der Waals surface area contributed by atoms with E-state index >= 15 is 0 Å². The Balaban J connectivity index is 1.56. The Morgan fingerprint density at radius 2 is 1.75 bits per heavy atom. The molecule has 0 radical (unpaired) electrons. The molecular formula is C16H31N5O2S. The van der Waals surface area contributed by atoms with Crippen molar-refractivity contribution in [3.8, 4) is 0 Å². The van der Waals surface area contributed by atoms with Gasteiger partial charge in [-0.15, -0.1) is 0 Å². The molecule has 2 aliphatic rings. The second-order valence-corrected chi connectivity index (χ2v) is 6.98. The third-order valence-electron chi connectivity index (χ3n) is 4.55. The summed E-state index contributed by atoms with van der Waals surface area (Å²) in [5.74, 6) is 0.160. The third kappa shape index (κ3) is 6.51. The van der Waals surface area contributed by atoms with Gasteiger partial charge in [-0.1, -0.05) is 0 Å². The highest BCUT2D eigenvalue weighted by Gasteiger charge is 2.21. The minimum atomic E-state index is 0.160. The van der Waals surface area contributed by atoms with Gasteiger partial charge in [0.15, 0.2) is 5.11 Å². The van der Waals surface area contributed by atoms with Crippen molar-refractivity contribution in [2.75, 3.05) is 86.2 Å². The molecule has 2 rings (SSSR count). The van der Waals surface area contributed by atoms with Crippen LogP contribution in [-0.4, -0.2) is 117 Å². The van der Waals surface area contributed by atoms with E-state index in [9.17, 15) is 4.79 Å². The van der Waals surface area contributed by atoms with Crippen LogP contribution in [0.2, 0.25) is 0 Å². The number of amides is 1. The molecule has 0 unspecified atom stereocenters. The summed E-state index contributed by atoms with van der Waals surface area (Å²) in [5, 5.41) is 4.21. The Labute approximate surface area is 150 Å². The van der Waals surface area contributed by atoms with Gasteiger partial charge in [0.05, 0.1) is 19.8 Å². The van der Waals surface area contributed by atoms with Crippen LogP contribution in [0, 0.1) is 0 Å². The molecule has 0 atom stereocenters. The number of morpholine rings is 1. The molecule has 2 aliphatic heterocycles. The molecule has 1 N–H and O–H groups in total. The van der Waals surface area contributed by atoms with Gasteiger partial charge < -0.3 is 19.9 Å². The monoisotopic (exact) mass is 357 g/mol. The first-order valence-electron chi connectivity index (χ1n) is 8.81. The minimum absolute atomic E-state index is 0.160. The summed E-state index contributed by atoms with van der Waals surface area (Å²) in [5.41, 5.74) is 0. The van der Waals surface area contributed by atoms with Crippen LogP contribution in [0.15, 0.2) is 0 Å². The van der Waals surface area contributed by atoms with E-state index < -0.39 is 0 Å². The highest BCUT2D eigenvalue weighted by molar-refractivity contribution is 7.80. The zero-order chi connectivity index (χ0) is 17.4. The number of ether oxygens (including phenoxy) is 1. The molecular weight excluding hydrogens is 326 g/mol. The Bertz CT molecular complexity index is 407. The van der Waals surface area contributed by atoms with Crippen molar-refractivity contribution in [1.82, 2.24) is 24.9 Å². The van der Waals surface area contributed by atoms with Gasteiger partial charge in [0.25, 0.3) is 0 Å². The van der Waals surface area contributed by atoms with Gasteiger partial charge in [0, 0.05) is 59.9 Å². The van der Waals surface area contributed by atoms with Gasteiger partial charge in [-0.25, -0.2) is 0 Å². The lowest BCUT2D eigenvalue weighted by atomic mass is 10.3. The Morgan fingerprint density at radius 1 is 1.08 bits per heavy atom. The number of nitrogens with zero attached hydrogens (tertiary/aromatic N) is 4. The molecule has 8 heteroatoms. The SMILES string of the molecule is CN(C)C(=O)CN1CCN(C(=S)NCCCN2CCOCC2)CC1. The number of nitrogens with one attached hydrogen (secondary N) is 1. The molecule has 138 valence electrons. The van der Waals surface area contributed by atoms with E-state index in [4.69, 9.17) is 17.0 Å². The van der Waals surface area contributed by atoms with Crippen LogP contribution in [-0.2, 0) is 9.53 Å². The second kappa shape index (κ2) is 10.1. The van der Waals surface area contributed by atoms with Gasteiger partial charge in [0.2, 0.25) is 5.91 Å². The highest BCUT2D eigenvalue weighted by Crippen LogP contribution is 2.03. The van der Waals surface area contributed by atoms with E-state index in [1.54, 1.807) is 19.0 Å². The van der Waals surface area contributed by atoms with Crippen LogP contribution in [0.1, 0.15) is 6.42 Å². The summed E-state index contributed by atoms with van der Waals surface area (Å²) < 4.78 is 5.36. The van der Waals surface area contributed by atoms with Crippen LogP contribution in [0.25, 0.3) is 0 Å². The Hall–Kier alpha value is -0.960. The fourth-order valence-corrected chi connectivity index (χ4v) is 3.16. The molecule has 7 nitrogen and oxygen atoms in total. The van der Waals surface area contributed by atoms with Crippen LogP contribution < -0.4 is 5.32 Å². The molecule has 0 aliphatic carbocycles. The van der Waals surface area contributed by atoms with E-state index in [1.807, 2.05) is 0 Å². The summed E-state index contributed by atoms with van der Waals surface area (Å²) in [7, 11) is 3.60. The number of thiocarbonyl (C=S) groups is 1. The summed E-state index contributed by atoms with van der Waals surface area (Å²) in [4.78, 5) is 20.2. The molecule has 0 bridgehead atoms. The predicted octanol–water partition coefficient (Wildman–Crippen LogP) is -0.711. The molecule has 0 saturated carbocycles. The Kier molecular flexibility index (Phi) is 8.17. The van der Waals surface area contributed by atoms with Crippen LogP contribution in [0.3, 0.4) is 0 Å². The zero-order valence-corrected chi connectivity index (χ0v) is 15.8. The van der Waals surface area contributed by atoms with E-state index in [1.165, 1.54) is 0 Å². The summed E-state index contributed by atoms with van der Waals surface area (Å²) in [6.07, 6.45) is 1.09. The number of carbonyl (C=O) groups excluding carboxylic acids is 1. The summed E-state index contributed by atoms with van der Waals surface area (Å²) >= 11 is 5.50. The number of hydrogen-bond acceptors (Lipinski definition) is 5. The first-order valence-corrected chi connectivity index (χ1v) is 9.22. The quantitative estimate of drug-likeness (QED) is 0.498. The predicted molar refractivity (Wildman–Crippen MR) is 99.2 cm³/mol. The fraction of sp³-hybridized carbons (Fsp3) is 0.875. The standard InChI is InChI=1S/C16H31N5O2S/c1-18(2)15(22)14-20-6-8-21(9-7-20)16(24)17-4-3-5-19-10-12-23-13-11-19/h3-14H2,1-2H3,(H,17,24). The molecule has 1 amide bonds. The maximum atomic E-state index is 11.8. The van der Waals surface area contributed by atoms with Gasteiger partial charge in [-0.05, 0) is 25.2 Å². The van der Waals surface area contributed by atoms with Gasteiger partial charge in [-0.3, -0.25) is 14.6 Å². The molecule has 0 aromatic carbocycles. The van der Waals surface area contributed by atoms with Crippen LogP contribution in [0.5, 0.6) is 0 Å². The number of likely N-dealkylation sites (N-methyl/N-ethyl adjacent to an activating group) is 1. The van der Waals surface area contributed by atoms with Crippen molar-refractivity contribution in [2.24, 2.45) is 0 Å². The maximum Gasteiger partial charge on any atom is 0.236 e. The lowest BCUT2D eigenvalue weighted by Gasteiger charge is -2.36. The fourth-order valence-electron chi connectivity index (χ4n) is 2.88. The van der Waals surface area contributed by atoms with Crippen molar-refractivity contribution >= 4 is 23.2 Å². The molecule has 0 aromatic heterocycles. The zero-order valence-electron chi connectivity index (χ0n) is 15.0. The molecule has 0 spiro atoms. The number of rotatable bonds is 6. The van der Waals surface area contributed by atoms with E-state index in [2.05, 4.69) is 20.0 Å². The number of carbonyl (C=O) groups is 1. The smallest absolute Gasteiger partial charge is 0.236 e. The van der Waals surface area contributed by atoms with Crippen LogP contribution >= 0.6 is 12.2 Å². The van der Waals surface area contributed by atoms with Crippen molar-refractivity contribution in [2.45, 2.75) is 6.42 Å². The highest BCUT2D eigenvalue weighted by atomic mass is 32.1. The van der Waals surface area contributed by atoms with E-state index in [-0.39, 0.29) is 5.91 Å². The van der Waals surface area contributed by atoms with Gasteiger partial charge in [0.1, 0.15) is 0 Å². The molecule has 0 aromatic rings. The molecule has 24 heavy (non-hydrogen) atoms. The average molecular weight is 358 g/mol. The normalized spacial score (nSPS) is 20.0. The van der Waals surface area contributed by atoms with Crippen molar-refractivity contribution in [3.05, 3.63) is 0 Å². The van der Waals surface area contributed by atoms with Crippen molar-refractivity contribution in [3.63, 3.8) is 0 Å². The van der Waals surface area contributed by atoms with Crippen molar-refractivity contribution < 1.29 is 9.53 Å². The van der Waals surface area contributed by atoms with Crippen molar-refractivity contribution in [1.29, 1.82) is 0 Å². The largest absolute Gasteiger partial charge is 0.379 e. The van der Waals surface area contributed by atoms with Gasteiger partial charge >= 0.3 is 0 Å². The first kappa shape index (κ1) is 19.4. The number of hydrogen-bond donors (Lipinski definition) is 1. The summed E-state index contributed by atoms with van der Waals surface area (Å²) in [6.45, 7) is 9.83. The topological polar surface area (TPSA) is 51.3 Å². The maximum absolute atomic E-state index is 11.8. The summed E-state index contributed by atoms with van der Waals surface area (Å²) in [6, 6.07) is 0. The second-order valence-electron chi connectivity index (χ2n) is 6.59. The number of piperazine rings is 1. The van der Waals surface area contributed by atoms with E-state index in [0.29, 0.717) is 6.54 Å². The average Bonchev–Trinajstić information content (AvgIpc) is 2.60. The molecule has 2 fully saturated rings. The Morgan fingerprint density at radius 3 is 2.38 bits per heavy atom. The molecule has 2 heterocycles. The van der Waals surface area contributed by atoms with E-state index in [0.717, 1.165) is 77.1 Å².